The number of thiazole rings is 1. The second kappa shape index (κ2) is 7.38. The van der Waals surface area contributed by atoms with E-state index in [1.807, 2.05) is 0 Å². The Bertz CT molecular complexity index is 412. The van der Waals surface area contributed by atoms with E-state index in [0.29, 0.717) is 19.2 Å². The Kier molecular flexibility index (Phi) is 6.43. The van der Waals surface area contributed by atoms with Gasteiger partial charge < -0.3 is 15.4 Å². The van der Waals surface area contributed by atoms with Crippen molar-refractivity contribution in [3.8, 4) is 0 Å². The van der Waals surface area contributed by atoms with Crippen LogP contribution in [0.2, 0.25) is 0 Å². The Morgan fingerprint density at radius 3 is 2.45 bits per heavy atom. The third-order valence-corrected chi connectivity index (χ3v) is 4.60. The number of anilines is 1. The summed E-state index contributed by atoms with van der Waals surface area (Å²) in [7, 11) is 1.74. The molecule has 1 atom stereocenters. The number of nitrogens with zero attached hydrogens (tertiary/aromatic N) is 2. The van der Waals surface area contributed by atoms with Crippen LogP contribution in [0.4, 0.5) is 5.13 Å². The highest BCUT2D eigenvalue weighted by molar-refractivity contribution is 7.15. The topological polar surface area (TPSA) is 51.4 Å². The van der Waals surface area contributed by atoms with Gasteiger partial charge >= 0.3 is 0 Å². The van der Waals surface area contributed by atoms with Gasteiger partial charge in [-0.15, -0.1) is 11.3 Å². The second-order valence-electron chi connectivity index (χ2n) is 6.17. The summed E-state index contributed by atoms with van der Waals surface area (Å²) >= 11 is 1.72. The Morgan fingerprint density at radius 1 is 1.40 bits per heavy atom. The third-order valence-electron chi connectivity index (χ3n) is 3.49. The molecule has 1 aromatic rings. The van der Waals surface area contributed by atoms with Crippen molar-refractivity contribution in [2.24, 2.45) is 5.73 Å². The highest BCUT2D eigenvalue weighted by Gasteiger charge is 2.25. The fraction of sp³-hybridized carbons (Fsp3) is 0.800. The van der Waals surface area contributed by atoms with Gasteiger partial charge in [-0.1, -0.05) is 27.7 Å². The first-order chi connectivity index (χ1) is 9.35. The summed E-state index contributed by atoms with van der Waals surface area (Å²) in [6, 6.07) is 0.453. The molecule has 0 aromatic carbocycles. The Labute approximate surface area is 127 Å². The normalized spacial score (nSPS) is 13.6. The van der Waals surface area contributed by atoms with Crippen molar-refractivity contribution in [2.75, 3.05) is 25.2 Å². The van der Waals surface area contributed by atoms with Crippen LogP contribution in [-0.4, -0.2) is 31.3 Å². The van der Waals surface area contributed by atoms with Gasteiger partial charge in [0.25, 0.3) is 0 Å². The SMILES string of the molecule is CCC(C)N(CCOC)c1nc(C(C)(C)C)c(CN)s1. The van der Waals surface area contributed by atoms with E-state index in [1.54, 1.807) is 18.4 Å². The molecule has 0 aliphatic rings. The molecular formula is C15H29N3OS. The molecule has 0 aliphatic carbocycles. The van der Waals surface area contributed by atoms with Crippen molar-refractivity contribution >= 4 is 16.5 Å². The first-order valence-electron chi connectivity index (χ1n) is 7.30. The molecule has 4 nitrogen and oxygen atoms in total. The molecule has 0 amide bonds. The number of nitrogens with two attached hydrogens (primary N) is 1. The zero-order chi connectivity index (χ0) is 15.3. The van der Waals surface area contributed by atoms with Crippen molar-refractivity contribution in [1.29, 1.82) is 0 Å². The lowest BCUT2D eigenvalue weighted by Gasteiger charge is -2.28. The molecule has 20 heavy (non-hydrogen) atoms. The van der Waals surface area contributed by atoms with Crippen molar-refractivity contribution in [1.82, 2.24) is 4.98 Å². The molecule has 0 spiro atoms. The average molecular weight is 299 g/mol. The van der Waals surface area contributed by atoms with Gasteiger partial charge in [-0.25, -0.2) is 4.98 Å². The summed E-state index contributed by atoms with van der Waals surface area (Å²) in [6.45, 7) is 13.1. The maximum atomic E-state index is 5.90. The van der Waals surface area contributed by atoms with Crippen molar-refractivity contribution in [3.63, 3.8) is 0 Å². The zero-order valence-corrected chi connectivity index (χ0v) is 14.5. The largest absolute Gasteiger partial charge is 0.383 e. The summed E-state index contributed by atoms with van der Waals surface area (Å²) in [4.78, 5) is 8.41. The van der Waals surface area contributed by atoms with Gasteiger partial charge in [0.15, 0.2) is 5.13 Å². The summed E-state index contributed by atoms with van der Waals surface area (Å²) in [5.74, 6) is 0. The Hall–Kier alpha value is -0.650. The molecule has 0 saturated carbocycles. The minimum atomic E-state index is 0.0336. The van der Waals surface area contributed by atoms with Gasteiger partial charge in [-0.3, -0.25) is 0 Å². The average Bonchev–Trinajstić information content (AvgIpc) is 2.82. The molecule has 0 bridgehead atoms. The first-order valence-corrected chi connectivity index (χ1v) is 8.12. The number of hydrogen-bond acceptors (Lipinski definition) is 5. The minimum absolute atomic E-state index is 0.0336. The predicted octanol–water partition coefficient (Wildman–Crippen LogP) is 3.15. The van der Waals surface area contributed by atoms with Gasteiger partial charge in [0.2, 0.25) is 0 Å². The summed E-state index contributed by atoms with van der Waals surface area (Å²) in [5, 5.41) is 1.07. The summed E-state index contributed by atoms with van der Waals surface area (Å²) < 4.78 is 5.23. The highest BCUT2D eigenvalue weighted by atomic mass is 32.1. The number of hydrogen-bond donors (Lipinski definition) is 1. The van der Waals surface area contributed by atoms with Gasteiger partial charge in [0.05, 0.1) is 12.3 Å². The van der Waals surface area contributed by atoms with Gasteiger partial charge in [0, 0.05) is 36.5 Å². The molecule has 0 fully saturated rings. The lowest BCUT2D eigenvalue weighted by Crippen LogP contribution is -2.35. The van der Waals surface area contributed by atoms with E-state index in [2.05, 4.69) is 39.5 Å². The third kappa shape index (κ3) is 4.17. The number of rotatable bonds is 7. The maximum Gasteiger partial charge on any atom is 0.186 e. The van der Waals surface area contributed by atoms with Crippen LogP contribution in [0.5, 0.6) is 0 Å². The first kappa shape index (κ1) is 17.4. The Balaban J connectivity index is 3.10. The van der Waals surface area contributed by atoms with E-state index in [-0.39, 0.29) is 5.41 Å². The van der Waals surface area contributed by atoms with Crippen molar-refractivity contribution < 1.29 is 4.74 Å². The van der Waals surface area contributed by atoms with E-state index < -0.39 is 0 Å². The molecule has 2 N–H and O–H groups in total. The van der Waals surface area contributed by atoms with Gasteiger partial charge in [0.1, 0.15) is 0 Å². The van der Waals surface area contributed by atoms with Gasteiger partial charge in [-0.2, -0.15) is 0 Å². The fourth-order valence-electron chi connectivity index (χ4n) is 2.10. The summed E-state index contributed by atoms with van der Waals surface area (Å²) in [6.07, 6.45) is 1.09. The smallest absolute Gasteiger partial charge is 0.186 e. The lowest BCUT2D eigenvalue weighted by atomic mass is 9.91. The van der Waals surface area contributed by atoms with E-state index in [1.165, 1.54) is 4.88 Å². The van der Waals surface area contributed by atoms with Crippen LogP contribution < -0.4 is 10.6 Å². The van der Waals surface area contributed by atoms with Crippen LogP contribution in [0.1, 0.15) is 51.6 Å². The van der Waals surface area contributed by atoms with Crippen LogP contribution in [0.25, 0.3) is 0 Å². The molecular weight excluding hydrogens is 270 g/mol. The standard InChI is InChI=1S/C15H29N3OS/c1-7-11(2)18(8-9-19-6)14-17-13(15(3,4)5)12(10-16)20-14/h11H,7-10,16H2,1-6H3. The monoisotopic (exact) mass is 299 g/mol. The zero-order valence-electron chi connectivity index (χ0n) is 13.7. The fourth-order valence-corrected chi connectivity index (χ4v) is 3.38. The van der Waals surface area contributed by atoms with E-state index in [0.717, 1.165) is 23.8 Å². The number of aromatic nitrogens is 1. The molecule has 1 aromatic heterocycles. The van der Waals surface area contributed by atoms with Gasteiger partial charge in [-0.05, 0) is 13.3 Å². The molecule has 1 rings (SSSR count). The molecule has 5 heteroatoms. The molecule has 0 saturated heterocycles. The second-order valence-corrected chi connectivity index (χ2v) is 7.23. The minimum Gasteiger partial charge on any atom is -0.383 e. The number of methoxy groups -OCH3 is 1. The quantitative estimate of drug-likeness (QED) is 0.840. The van der Waals surface area contributed by atoms with E-state index >= 15 is 0 Å². The van der Waals surface area contributed by atoms with Crippen molar-refractivity contribution in [3.05, 3.63) is 10.6 Å². The van der Waals surface area contributed by atoms with Crippen LogP contribution in [0.3, 0.4) is 0 Å². The molecule has 1 heterocycles. The molecule has 116 valence electrons. The van der Waals surface area contributed by atoms with Crippen LogP contribution in [0.15, 0.2) is 0 Å². The predicted molar refractivity (Wildman–Crippen MR) is 87.7 cm³/mol. The molecule has 0 radical (unpaired) electrons. The lowest BCUT2D eigenvalue weighted by molar-refractivity contribution is 0.203. The molecule has 1 unspecified atom stereocenters. The maximum absolute atomic E-state index is 5.90. The van der Waals surface area contributed by atoms with E-state index in [9.17, 15) is 0 Å². The Morgan fingerprint density at radius 2 is 2.05 bits per heavy atom. The van der Waals surface area contributed by atoms with Crippen molar-refractivity contribution in [2.45, 2.75) is 59.0 Å². The van der Waals surface area contributed by atoms with Crippen LogP contribution in [-0.2, 0) is 16.7 Å². The van der Waals surface area contributed by atoms with E-state index in [4.69, 9.17) is 15.5 Å². The summed E-state index contributed by atoms with van der Waals surface area (Å²) in [5.41, 5.74) is 7.06. The highest BCUT2D eigenvalue weighted by Crippen LogP contribution is 2.34. The van der Waals surface area contributed by atoms with Crippen LogP contribution >= 0.6 is 11.3 Å². The number of ether oxygens (including phenoxy) is 1. The molecule has 0 aliphatic heterocycles. The van der Waals surface area contributed by atoms with Crippen LogP contribution in [0, 0.1) is 0 Å².